The van der Waals surface area contributed by atoms with Crippen molar-refractivity contribution >= 4 is 33.4 Å². The van der Waals surface area contributed by atoms with E-state index in [1.165, 1.54) is 25.4 Å². The van der Waals surface area contributed by atoms with E-state index in [1.54, 1.807) is 60.4 Å². The quantitative estimate of drug-likeness (QED) is 0.253. The Bertz CT molecular complexity index is 1570. The molecule has 42 heavy (non-hydrogen) atoms. The van der Waals surface area contributed by atoms with E-state index >= 15 is 0 Å². The van der Waals surface area contributed by atoms with E-state index in [-0.39, 0.29) is 12.2 Å². The Morgan fingerprint density at radius 1 is 0.905 bits per heavy atom. The first-order valence-corrected chi connectivity index (χ1v) is 15.7. The molecule has 3 aromatic carbocycles. The summed E-state index contributed by atoms with van der Waals surface area (Å²) in [5.74, 6) is -1.38. The Kier molecular flexibility index (Phi) is 9.89. The maximum atomic E-state index is 14.4. The molecule has 0 unspecified atom stereocenters. The zero-order valence-electron chi connectivity index (χ0n) is 23.7. The van der Waals surface area contributed by atoms with Gasteiger partial charge < -0.3 is 10.0 Å². The summed E-state index contributed by atoms with van der Waals surface area (Å²) in [6, 6.07) is 27.5. The monoisotopic (exact) mass is 606 g/mol. The van der Waals surface area contributed by atoms with Crippen LogP contribution in [0.2, 0.25) is 0 Å². The van der Waals surface area contributed by atoms with Gasteiger partial charge in [-0.25, -0.2) is 9.71 Å². The van der Waals surface area contributed by atoms with Crippen LogP contribution in [0, 0.1) is 6.92 Å². The number of benzene rings is 3. The van der Waals surface area contributed by atoms with Gasteiger partial charge in [-0.1, -0.05) is 91.0 Å². The van der Waals surface area contributed by atoms with Crippen molar-refractivity contribution < 1.29 is 23.1 Å². The first-order valence-electron chi connectivity index (χ1n) is 13.4. The van der Waals surface area contributed by atoms with E-state index in [0.29, 0.717) is 40.4 Å². The smallest absolute Gasteiger partial charge is 0.303 e. The van der Waals surface area contributed by atoms with Gasteiger partial charge in [-0.05, 0) is 36.5 Å². The minimum absolute atomic E-state index is 0.0226. The van der Waals surface area contributed by atoms with Crippen LogP contribution < -0.4 is 4.72 Å². The molecule has 0 fully saturated rings. The lowest BCUT2D eigenvalue weighted by atomic mass is 9.85. The third-order valence-corrected chi connectivity index (χ3v) is 9.16. The summed E-state index contributed by atoms with van der Waals surface area (Å²) in [6.45, 7) is 2.00. The summed E-state index contributed by atoms with van der Waals surface area (Å²) in [5.41, 5.74) is -0.0188. The number of carbonyl (C=O) groups excluding carboxylic acids is 2. The molecule has 4 aromatic rings. The number of aryl methyl sites for hydroxylation is 2. The molecule has 1 aromatic heterocycles. The minimum atomic E-state index is -4.01. The van der Waals surface area contributed by atoms with Gasteiger partial charge in [0.1, 0.15) is 10.7 Å². The molecule has 0 saturated heterocycles. The molecule has 0 saturated carbocycles. The highest BCUT2D eigenvalue weighted by molar-refractivity contribution is 7.87. The van der Waals surface area contributed by atoms with E-state index in [4.69, 9.17) is 0 Å². The summed E-state index contributed by atoms with van der Waals surface area (Å²) < 4.78 is 27.3. The van der Waals surface area contributed by atoms with Gasteiger partial charge in [0.2, 0.25) is 0 Å². The fraction of sp³-hybridized carbons (Fsp3) is 0.258. The second-order valence-corrected chi connectivity index (χ2v) is 13.2. The minimum Gasteiger partial charge on any atom is -0.372 e. The lowest BCUT2D eigenvalue weighted by molar-refractivity contribution is -0.149. The van der Waals surface area contributed by atoms with Crippen LogP contribution in [-0.2, 0) is 33.6 Å². The average Bonchev–Trinajstić information content (AvgIpc) is 3.37. The average molecular weight is 607 g/mol. The van der Waals surface area contributed by atoms with Crippen molar-refractivity contribution in [3.63, 3.8) is 0 Å². The van der Waals surface area contributed by atoms with Crippen molar-refractivity contribution in [1.29, 1.82) is 0 Å². The number of hydrogen-bond acceptors (Lipinski definition) is 7. The van der Waals surface area contributed by atoms with Gasteiger partial charge in [0, 0.05) is 25.5 Å². The normalized spacial score (nSPS) is 11.8. The molecule has 220 valence electrons. The van der Waals surface area contributed by atoms with E-state index in [0.717, 1.165) is 9.87 Å². The van der Waals surface area contributed by atoms with Gasteiger partial charge in [-0.2, -0.15) is 12.7 Å². The lowest BCUT2D eigenvalue weighted by Crippen LogP contribution is -2.48. The van der Waals surface area contributed by atoms with Crippen molar-refractivity contribution in [2.75, 3.05) is 20.6 Å². The molecular formula is C31H34N4O5S2. The zero-order chi connectivity index (χ0) is 30.3. The number of aromatic nitrogens is 1. The Hall–Kier alpha value is -3.90. The summed E-state index contributed by atoms with van der Waals surface area (Å²) in [7, 11) is -1.38. The molecule has 0 aliphatic rings. The maximum Gasteiger partial charge on any atom is 0.303 e. The van der Waals surface area contributed by atoms with Crippen LogP contribution in [-0.4, -0.2) is 60.2 Å². The van der Waals surface area contributed by atoms with Crippen molar-refractivity contribution in [2.24, 2.45) is 0 Å². The summed E-state index contributed by atoms with van der Waals surface area (Å²) in [4.78, 5) is 33.7. The molecule has 0 bridgehead atoms. The van der Waals surface area contributed by atoms with Gasteiger partial charge in [0.15, 0.2) is 5.60 Å². The van der Waals surface area contributed by atoms with Gasteiger partial charge in [0.05, 0.1) is 6.54 Å². The van der Waals surface area contributed by atoms with E-state index in [1.807, 2.05) is 47.2 Å². The Labute approximate surface area is 250 Å². The highest BCUT2D eigenvalue weighted by Crippen LogP contribution is 2.33. The molecule has 0 atom stereocenters. The van der Waals surface area contributed by atoms with Gasteiger partial charge >= 0.3 is 10.2 Å². The van der Waals surface area contributed by atoms with E-state index in [9.17, 15) is 23.1 Å². The predicted molar refractivity (Wildman–Crippen MR) is 163 cm³/mol. The molecule has 0 aliphatic heterocycles. The highest BCUT2D eigenvalue weighted by Gasteiger charge is 2.43. The van der Waals surface area contributed by atoms with Crippen LogP contribution in [0.25, 0.3) is 0 Å². The Morgan fingerprint density at radius 3 is 1.95 bits per heavy atom. The lowest BCUT2D eigenvalue weighted by Gasteiger charge is -2.34. The summed E-state index contributed by atoms with van der Waals surface area (Å²) >= 11 is 1.20. The molecule has 0 aliphatic carbocycles. The molecule has 1 heterocycles. The third kappa shape index (κ3) is 7.11. The molecule has 2 N–H and O–H groups in total. The first kappa shape index (κ1) is 31.0. The van der Waals surface area contributed by atoms with E-state index < -0.39 is 27.6 Å². The fourth-order valence-electron chi connectivity index (χ4n) is 4.52. The van der Waals surface area contributed by atoms with Crippen LogP contribution in [0.1, 0.15) is 43.5 Å². The Morgan fingerprint density at radius 2 is 1.43 bits per heavy atom. The number of hydrogen-bond donors (Lipinski definition) is 2. The largest absolute Gasteiger partial charge is 0.372 e. The number of amides is 2. The van der Waals surface area contributed by atoms with Crippen molar-refractivity contribution in [3.8, 4) is 0 Å². The molecular weight excluding hydrogens is 572 g/mol. The number of thiazole rings is 1. The highest BCUT2D eigenvalue weighted by atomic mass is 32.2. The van der Waals surface area contributed by atoms with Crippen molar-refractivity contribution in [2.45, 2.75) is 31.9 Å². The molecule has 4 rings (SSSR count). The number of nitrogens with zero attached hydrogens (tertiary/aromatic N) is 3. The van der Waals surface area contributed by atoms with Crippen LogP contribution in [0.3, 0.4) is 0 Å². The number of rotatable bonds is 12. The molecule has 2 amide bonds. The van der Waals surface area contributed by atoms with Gasteiger partial charge in [0.25, 0.3) is 11.8 Å². The Balaban J connectivity index is 1.67. The van der Waals surface area contributed by atoms with Crippen LogP contribution in [0.5, 0.6) is 0 Å². The van der Waals surface area contributed by atoms with Crippen LogP contribution in [0.4, 0.5) is 0 Å². The first-order chi connectivity index (χ1) is 20.0. The van der Waals surface area contributed by atoms with E-state index in [2.05, 4.69) is 4.98 Å². The molecule has 11 heteroatoms. The zero-order valence-corrected chi connectivity index (χ0v) is 25.4. The van der Waals surface area contributed by atoms with Crippen molar-refractivity contribution in [1.82, 2.24) is 18.9 Å². The summed E-state index contributed by atoms with van der Waals surface area (Å²) in [6.07, 6.45) is 1.33. The van der Waals surface area contributed by atoms with Gasteiger partial charge in [-0.3, -0.25) is 9.59 Å². The standard InChI is InChI=1S/C31H34N4O5S2/c1-23-28(29(36)33-42(39,40)34(2)3)32-27(41-23)22-35(21-13-16-24-14-7-4-8-15-24)30(37)31(38,25-17-9-5-10-18-25)26-19-11-6-12-20-26/h4-12,14-15,17-20,38H,13,16,21-22H2,1-3H3,(H,33,36). The fourth-order valence-corrected chi connectivity index (χ4v) is 5.98. The molecule has 0 spiro atoms. The third-order valence-electron chi connectivity index (χ3n) is 6.80. The maximum absolute atomic E-state index is 14.4. The summed E-state index contributed by atoms with van der Waals surface area (Å²) in [5, 5.41) is 12.6. The second kappa shape index (κ2) is 13.4. The number of nitrogens with one attached hydrogen (secondary N) is 1. The number of aliphatic hydroxyl groups is 1. The van der Waals surface area contributed by atoms with Crippen LogP contribution >= 0.6 is 11.3 Å². The molecule has 9 nitrogen and oxygen atoms in total. The SMILES string of the molecule is Cc1sc(CN(CCCc2ccccc2)C(=O)C(O)(c2ccccc2)c2ccccc2)nc1C(=O)NS(=O)(=O)N(C)C. The predicted octanol–water partition coefficient (Wildman–Crippen LogP) is 3.89. The van der Waals surface area contributed by atoms with Gasteiger partial charge in [-0.15, -0.1) is 11.3 Å². The topological polar surface area (TPSA) is 120 Å². The van der Waals surface area contributed by atoms with Crippen LogP contribution in [0.15, 0.2) is 91.0 Å². The second-order valence-electron chi connectivity index (χ2n) is 9.99. The van der Waals surface area contributed by atoms with Crippen molar-refractivity contribution in [3.05, 3.63) is 123 Å². The molecule has 0 radical (unpaired) electrons. The number of carbonyl (C=O) groups is 2.